The molecule has 1 saturated heterocycles. The fraction of sp³-hybridized carbons (Fsp3) is 0.278. The first-order chi connectivity index (χ1) is 12.1. The van der Waals surface area contributed by atoms with Gasteiger partial charge in [-0.3, -0.25) is 9.59 Å². The number of carboxylic acids is 1. The summed E-state index contributed by atoms with van der Waals surface area (Å²) in [6.07, 6.45) is 3.43. The summed E-state index contributed by atoms with van der Waals surface area (Å²) in [5, 5.41) is 12.0. The Morgan fingerprint density at radius 3 is 2.72 bits per heavy atom. The van der Waals surface area contributed by atoms with Crippen molar-refractivity contribution in [2.45, 2.75) is 25.3 Å². The average molecular weight is 342 g/mol. The molecule has 0 radical (unpaired) electrons. The number of piperidine rings is 1. The van der Waals surface area contributed by atoms with Crippen molar-refractivity contribution in [1.29, 1.82) is 0 Å². The lowest BCUT2D eigenvalue weighted by atomic mass is 10.0. The summed E-state index contributed by atoms with van der Waals surface area (Å²) in [7, 11) is 0. The number of carbonyl (C=O) groups excluding carboxylic acids is 2. The highest BCUT2D eigenvalue weighted by molar-refractivity contribution is 6.03. The summed E-state index contributed by atoms with van der Waals surface area (Å²) in [6.45, 7) is 0.415. The minimum Gasteiger partial charge on any atom is -0.480 e. The second-order valence-corrected chi connectivity index (χ2v) is 5.86. The Labute approximate surface area is 144 Å². The molecule has 2 N–H and O–H groups in total. The minimum atomic E-state index is -0.990. The molecule has 2 amide bonds. The Kier molecular flexibility index (Phi) is 4.83. The molecule has 25 heavy (non-hydrogen) atoms. The third-order valence-corrected chi connectivity index (χ3v) is 4.16. The van der Waals surface area contributed by atoms with Crippen LogP contribution in [0.25, 0.3) is 0 Å². The maximum absolute atomic E-state index is 12.7. The van der Waals surface area contributed by atoms with Crippen molar-refractivity contribution in [3.05, 3.63) is 54.0 Å². The van der Waals surface area contributed by atoms with E-state index in [1.165, 1.54) is 23.3 Å². The van der Waals surface area contributed by atoms with Gasteiger partial charge in [-0.1, -0.05) is 6.07 Å². The molecule has 2 heterocycles. The van der Waals surface area contributed by atoms with Gasteiger partial charge in [-0.25, -0.2) is 4.79 Å². The molecular formula is C18H18N2O5. The number of aliphatic carboxylic acids is 1. The van der Waals surface area contributed by atoms with Crippen molar-refractivity contribution >= 4 is 23.5 Å². The second kappa shape index (κ2) is 7.21. The Morgan fingerprint density at radius 1 is 1.16 bits per heavy atom. The van der Waals surface area contributed by atoms with Crippen molar-refractivity contribution in [2.24, 2.45) is 0 Å². The molecule has 1 fully saturated rings. The Morgan fingerprint density at radius 2 is 2.00 bits per heavy atom. The number of hydrogen-bond acceptors (Lipinski definition) is 4. The van der Waals surface area contributed by atoms with Gasteiger partial charge in [0.2, 0.25) is 0 Å². The van der Waals surface area contributed by atoms with Gasteiger partial charge >= 0.3 is 5.97 Å². The van der Waals surface area contributed by atoms with E-state index < -0.39 is 17.9 Å². The normalized spacial score (nSPS) is 17.1. The van der Waals surface area contributed by atoms with Crippen LogP contribution in [0.2, 0.25) is 0 Å². The number of carbonyl (C=O) groups is 3. The second-order valence-electron chi connectivity index (χ2n) is 5.86. The van der Waals surface area contributed by atoms with Gasteiger partial charge in [0.25, 0.3) is 11.8 Å². The fourth-order valence-electron chi connectivity index (χ4n) is 2.93. The van der Waals surface area contributed by atoms with Crippen molar-refractivity contribution in [3.63, 3.8) is 0 Å². The highest BCUT2D eigenvalue weighted by atomic mass is 16.4. The van der Waals surface area contributed by atoms with Gasteiger partial charge in [0, 0.05) is 17.8 Å². The topological polar surface area (TPSA) is 99.9 Å². The predicted molar refractivity (Wildman–Crippen MR) is 89.4 cm³/mol. The third-order valence-electron chi connectivity index (χ3n) is 4.16. The van der Waals surface area contributed by atoms with Crippen LogP contribution in [0.15, 0.2) is 47.1 Å². The van der Waals surface area contributed by atoms with Crippen LogP contribution in [0, 0.1) is 0 Å². The van der Waals surface area contributed by atoms with Crippen LogP contribution in [-0.2, 0) is 4.79 Å². The van der Waals surface area contributed by atoms with Crippen LogP contribution in [0.3, 0.4) is 0 Å². The maximum Gasteiger partial charge on any atom is 0.326 e. The van der Waals surface area contributed by atoms with Crippen LogP contribution in [0.5, 0.6) is 0 Å². The van der Waals surface area contributed by atoms with E-state index in [4.69, 9.17) is 4.42 Å². The third kappa shape index (κ3) is 3.71. The number of hydrogen-bond donors (Lipinski definition) is 2. The van der Waals surface area contributed by atoms with Crippen molar-refractivity contribution < 1.29 is 23.9 Å². The number of anilines is 1. The predicted octanol–water partition coefficient (Wildman–Crippen LogP) is 2.61. The Hall–Kier alpha value is -3.09. The first-order valence-electron chi connectivity index (χ1n) is 8.05. The number of nitrogens with one attached hydrogen (secondary N) is 1. The molecule has 1 aliphatic heterocycles. The van der Waals surface area contributed by atoms with E-state index in [-0.39, 0.29) is 11.7 Å². The van der Waals surface area contributed by atoms with Gasteiger partial charge in [0.05, 0.1) is 6.26 Å². The molecule has 0 unspecified atom stereocenters. The number of nitrogens with zero attached hydrogens (tertiary/aromatic N) is 1. The van der Waals surface area contributed by atoms with Gasteiger partial charge in [-0.2, -0.15) is 0 Å². The van der Waals surface area contributed by atoms with Crippen LogP contribution in [0.1, 0.15) is 40.2 Å². The molecule has 1 aromatic heterocycles. The number of benzene rings is 1. The molecule has 1 atom stereocenters. The number of furan rings is 1. The summed E-state index contributed by atoms with van der Waals surface area (Å²) in [5.41, 5.74) is 0.779. The molecule has 0 aliphatic carbocycles. The molecule has 7 heteroatoms. The van der Waals surface area contributed by atoms with E-state index in [1.54, 1.807) is 24.3 Å². The lowest BCUT2D eigenvalue weighted by Crippen LogP contribution is -2.48. The molecule has 0 spiro atoms. The zero-order valence-corrected chi connectivity index (χ0v) is 13.5. The van der Waals surface area contributed by atoms with E-state index >= 15 is 0 Å². The first-order valence-corrected chi connectivity index (χ1v) is 8.05. The van der Waals surface area contributed by atoms with Crippen molar-refractivity contribution in [3.8, 4) is 0 Å². The van der Waals surface area contributed by atoms with E-state index in [2.05, 4.69) is 5.32 Å². The largest absolute Gasteiger partial charge is 0.480 e. The van der Waals surface area contributed by atoms with E-state index in [1.807, 2.05) is 0 Å². The minimum absolute atomic E-state index is 0.165. The van der Waals surface area contributed by atoms with Crippen LogP contribution < -0.4 is 5.32 Å². The van der Waals surface area contributed by atoms with E-state index in [0.717, 1.165) is 12.8 Å². The van der Waals surface area contributed by atoms with Crippen LogP contribution in [-0.4, -0.2) is 40.4 Å². The molecule has 7 nitrogen and oxygen atoms in total. The number of carboxylic acid groups (broad SMARTS) is 1. The zero-order valence-electron chi connectivity index (χ0n) is 13.5. The van der Waals surface area contributed by atoms with Crippen molar-refractivity contribution in [2.75, 3.05) is 11.9 Å². The Bertz CT molecular complexity index is 785. The number of likely N-dealkylation sites (tertiary alicyclic amines) is 1. The summed E-state index contributed by atoms with van der Waals surface area (Å²) >= 11 is 0. The molecule has 0 bridgehead atoms. The van der Waals surface area contributed by atoms with Crippen molar-refractivity contribution in [1.82, 2.24) is 4.90 Å². The smallest absolute Gasteiger partial charge is 0.326 e. The maximum atomic E-state index is 12.7. The Balaban J connectivity index is 1.77. The monoisotopic (exact) mass is 342 g/mol. The fourth-order valence-corrected chi connectivity index (χ4v) is 2.93. The highest BCUT2D eigenvalue weighted by Crippen LogP contribution is 2.21. The molecule has 3 rings (SSSR count). The summed E-state index contributed by atoms with van der Waals surface area (Å²) in [4.78, 5) is 37.5. The number of amides is 2. The first kappa shape index (κ1) is 16.8. The zero-order chi connectivity index (χ0) is 17.8. The molecule has 130 valence electrons. The molecule has 1 aliphatic rings. The van der Waals surface area contributed by atoms with Gasteiger partial charge in [0.15, 0.2) is 5.76 Å². The van der Waals surface area contributed by atoms with Crippen LogP contribution in [0.4, 0.5) is 5.69 Å². The van der Waals surface area contributed by atoms with Crippen LogP contribution >= 0.6 is 0 Å². The summed E-state index contributed by atoms with van der Waals surface area (Å²) in [5.74, 6) is -1.59. The van der Waals surface area contributed by atoms with Gasteiger partial charge in [0.1, 0.15) is 6.04 Å². The molecule has 1 aromatic carbocycles. The van der Waals surface area contributed by atoms with E-state index in [9.17, 15) is 19.5 Å². The highest BCUT2D eigenvalue weighted by Gasteiger charge is 2.32. The van der Waals surface area contributed by atoms with Gasteiger partial charge in [-0.05, 0) is 49.6 Å². The average Bonchev–Trinajstić information content (AvgIpc) is 3.16. The lowest BCUT2D eigenvalue weighted by Gasteiger charge is -2.33. The summed E-state index contributed by atoms with van der Waals surface area (Å²) < 4.78 is 5.03. The standard InChI is InChI=1S/C18H18N2O5/c21-16(15-8-4-10-25-15)19-13-6-3-5-12(11-13)17(22)20-9-2-1-7-14(20)18(23)24/h3-6,8,10-11,14H,1-2,7,9H2,(H,19,21)(H,23,24)/t14-/m0/s1. The molecule has 2 aromatic rings. The lowest BCUT2D eigenvalue weighted by molar-refractivity contribution is -0.143. The van der Waals surface area contributed by atoms with E-state index in [0.29, 0.717) is 24.2 Å². The summed E-state index contributed by atoms with van der Waals surface area (Å²) in [6, 6.07) is 8.79. The molecular weight excluding hydrogens is 324 g/mol. The van der Waals surface area contributed by atoms with Gasteiger partial charge < -0.3 is 19.7 Å². The molecule has 0 saturated carbocycles. The quantitative estimate of drug-likeness (QED) is 0.889. The van der Waals surface area contributed by atoms with Gasteiger partial charge in [-0.15, -0.1) is 0 Å². The SMILES string of the molecule is O=C(Nc1cccc(C(=O)N2CCCC[C@H]2C(=O)O)c1)c1ccco1. The number of rotatable bonds is 4.